The van der Waals surface area contributed by atoms with Gasteiger partial charge in [0.1, 0.15) is 17.5 Å². The van der Waals surface area contributed by atoms with Crippen LogP contribution in [0, 0.1) is 23.1 Å². The molecule has 152 valence electrons. The molecule has 1 unspecified atom stereocenters. The summed E-state index contributed by atoms with van der Waals surface area (Å²) in [5, 5.41) is 19.4. The van der Waals surface area contributed by atoms with Gasteiger partial charge in [0.15, 0.2) is 5.82 Å². The van der Waals surface area contributed by atoms with Crippen LogP contribution in [0.15, 0.2) is 30.5 Å². The molecule has 3 atom stereocenters. The molecular weight excluding hydrogens is 379 g/mol. The van der Waals surface area contributed by atoms with E-state index in [9.17, 15) is 19.2 Å². The van der Waals surface area contributed by atoms with Crippen molar-refractivity contribution in [3.05, 3.63) is 41.8 Å². The molecule has 3 rings (SSSR count). The largest absolute Gasteiger partial charge is 0.446 e. The smallest absolute Gasteiger partial charge is 0.407 e. The van der Waals surface area contributed by atoms with E-state index in [4.69, 9.17) is 10.5 Å². The maximum absolute atomic E-state index is 13.1. The van der Waals surface area contributed by atoms with Gasteiger partial charge in [-0.1, -0.05) is 0 Å². The molecule has 1 fully saturated rings. The molecule has 1 aliphatic rings. The topological polar surface area (TPSA) is 135 Å². The fraction of sp³-hybridized carbons (Fsp3) is 0.368. The van der Waals surface area contributed by atoms with Gasteiger partial charge in [0.2, 0.25) is 0 Å². The highest BCUT2D eigenvalue weighted by molar-refractivity contribution is 5.98. The minimum absolute atomic E-state index is 0.162. The van der Waals surface area contributed by atoms with Gasteiger partial charge in [0, 0.05) is 25.4 Å². The Morgan fingerprint density at radius 1 is 1.34 bits per heavy atom. The summed E-state index contributed by atoms with van der Waals surface area (Å²) in [6, 6.07) is 7.52. The summed E-state index contributed by atoms with van der Waals surface area (Å²) in [5.74, 6) is -1.29. The van der Waals surface area contributed by atoms with Gasteiger partial charge >= 0.3 is 6.09 Å². The van der Waals surface area contributed by atoms with Crippen LogP contribution in [0.3, 0.4) is 0 Å². The van der Waals surface area contributed by atoms with Crippen LogP contribution < -0.4 is 16.4 Å². The number of rotatable bonds is 5. The van der Waals surface area contributed by atoms with Crippen molar-refractivity contribution in [3.8, 4) is 6.07 Å². The zero-order chi connectivity index (χ0) is 21.0. The number of carbonyl (C=O) groups excluding carboxylic acids is 2. The Morgan fingerprint density at radius 2 is 2.07 bits per heavy atom. The third-order valence-corrected chi connectivity index (χ3v) is 4.85. The number of carbonyl (C=O) groups is 2. The third kappa shape index (κ3) is 4.63. The summed E-state index contributed by atoms with van der Waals surface area (Å²) in [5.41, 5.74) is 6.18. The average molecular weight is 400 g/mol. The molecule has 2 aromatic rings. The Kier molecular flexibility index (Phi) is 5.97. The zero-order valence-electron chi connectivity index (χ0n) is 15.8. The monoisotopic (exact) mass is 400 g/mol. The van der Waals surface area contributed by atoms with E-state index in [0.29, 0.717) is 24.9 Å². The summed E-state index contributed by atoms with van der Waals surface area (Å²) in [4.78, 5) is 23.3. The molecule has 0 saturated heterocycles. The Balaban J connectivity index is 1.81. The van der Waals surface area contributed by atoms with E-state index in [1.54, 1.807) is 4.68 Å². The van der Waals surface area contributed by atoms with Crippen molar-refractivity contribution in [3.63, 3.8) is 0 Å². The third-order valence-electron chi connectivity index (χ3n) is 4.85. The van der Waals surface area contributed by atoms with Gasteiger partial charge in [-0.25, -0.2) is 9.18 Å². The highest BCUT2D eigenvalue weighted by atomic mass is 19.1. The second kappa shape index (κ2) is 8.60. The van der Waals surface area contributed by atoms with Gasteiger partial charge in [0.25, 0.3) is 5.91 Å². The lowest BCUT2D eigenvalue weighted by Crippen LogP contribution is -2.34. The number of anilines is 2. The molecule has 0 aliphatic heterocycles. The first-order valence-electron chi connectivity index (χ1n) is 9.10. The molecule has 29 heavy (non-hydrogen) atoms. The molecule has 9 nitrogen and oxygen atoms in total. The Hall–Kier alpha value is -3.61. The van der Waals surface area contributed by atoms with Crippen molar-refractivity contribution >= 4 is 23.5 Å². The SMILES string of the molecule is CNC(=O)O[C@@H]1CCC(n2cc(C(N)=O)c(Nc3ccc(F)cc3)n2)[C@@H](C#N)C1. The number of nitrogens with zero attached hydrogens (tertiary/aromatic N) is 3. The van der Waals surface area contributed by atoms with Crippen molar-refractivity contribution in [2.45, 2.75) is 31.4 Å². The highest BCUT2D eigenvalue weighted by Crippen LogP contribution is 2.36. The Morgan fingerprint density at radius 3 is 2.69 bits per heavy atom. The highest BCUT2D eigenvalue weighted by Gasteiger charge is 2.35. The van der Waals surface area contributed by atoms with Gasteiger partial charge in [-0.15, -0.1) is 0 Å². The lowest BCUT2D eigenvalue weighted by Gasteiger charge is -2.32. The summed E-state index contributed by atoms with van der Waals surface area (Å²) in [7, 11) is 1.47. The number of nitrogens with one attached hydrogen (secondary N) is 2. The lowest BCUT2D eigenvalue weighted by atomic mass is 9.83. The normalized spacial score (nSPS) is 21.1. The van der Waals surface area contributed by atoms with Crippen LogP contribution in [0.5, 0.6) is 0 Å². The van der Waals surface area contributed by atoms with Crippen molar-refractivity contribution in [1.82, 2.24) is 15.1 Å². The Labute approximate surface area is 166 Å². The van der Waals surface area contributed by atoms with Gasteiger partial charge in [-0.2, -0.15) is 10.4 Å². The first-order valence-corrected chi connectivity index (χ1v) is 9.10. The summed E-state index contributed by atoms with van der Waals surface area (Å²) in [6.07, 6.45) is 2.06. The number of hydrogen-bond donors (Lipinski definition) is 3. The van der Waals surface area contributed by atoms with E-state index < -0.39 is 17.9 Å². The van der Waals surface area contributed by atoms with Gasteiger partial charge in [-0.3, -0.25) is 9.48 Å². The number of halogens is 1. The van der Waals surface area contributed by atoms with Crippen molar-refractivity contribution in [2.75, 3.05) is 12.4 Å². The van der Waals surface area contributed by atoms with Gasteiger partial charge in [-0.05, 0) is 37.1 Å². The molecule has 1 aromatic heterocycles. The van der Waals surface area contributed by atoms with Crippen LogP contribution in [-0.2, 0) is 4.74 Å². The molecule has 0 spiro atoms. The predicted octanol–water partition coefficient (Wildman–Crippen LogP) is 2.45. The molecule has 0 bridgehead atoms. The molecular formula is C19H21FN6O3. The number of ether oxygens (including phenoxy) is 1. The van der Waals surface area contributed by atoms with Crippen LogP contribution in [0.1, 0.15) is 35.7 Å². The number of nitriles is 1. The van der Waals surface area contributed by atoms with E-state index in [2.05, 4.69) is 21.8 Å². The number of nitrogens with two attached hydrogens (primary N) is 1. The van der Waals surface area contributed by atoms with E-state index in [1.807, 2.05) is 0 Å². The van der Waals surface area contributed by atoms with E-state index in [0.717, 1.165) is 0 Å². The van der Waals surface area contributed by atoms with Crippen LogP contribution in [0.4, 0.5) is 20.7 Å². The van der Waals surface area contributed by atoms with Crippen LogP contribution in [-0.4, -0.2) is 34.9 Å². The van der Waals surface area contributed by atoms with Crippen molar-refractivity contribution in [2.24, 2.45) is 11.7 Å². The summed E-state index contributed by atoms with van der Waals surface area (Å²) < 4.78 is 19.9. The van der Waals surface area contributed by atoms with Crippen LogP contribution in [0.25, 0.3) is 0 Å². The maximum Gasteiger partial charge on any atom is 0.407 e. The number of alkyl carbamates (subject to hydrolysis) is 1. The molecule has 1 aromatic carbocycles. The van der Waals surface area contributed by atoms with Gasteiger partial charge < -0.3 is 21.1 Å². The first kappa shape index (κ1) is 20.1. The number of primary amides is 1. The zero-order valence-corrected chi connectivity index (χ0v) is 15.8. The molecule has 4 N–H and O–H groups in total. The fourth-order valence-electron chi connectivity index (χ4n) is 3.39. The summed E-state index contributed by atoms with van der Waals surface area (Å²) >= 11 is 0. The van der Waals surface area contributed by atoms with Crippen molar-refractivity contribution in [1.29, 1.82) is 5.26 Å². The second-order valence-electron chi connectivity index (χ2n) is 6.76. The minimum Gasteiger partial charge on any atom is -0.446 e. The quantitative estimate of drug-likeness (QED) is 0.705. The standard InChI is InChI=1S/C19H21FN6O3/c1-23-19(28)29-14-6-7-16(11(8-14)9-21)26-10-15(17(22)27)18(25-26)24-13-4-2-12(20)3-5-13/h2-5,10-11,14,16H,6-8H2,1H3,(H2,22,27)(H,23,28)(H,24,25)/t11-,14-,16?/m1/s1. The average Bonchev–Trinajstić information content (AvgIpc) is 3.13. The van der Waals surface area contributed by atoms with E-state index in [-0.39, 0.29) is 29.3 Å². The molecule has 10 heteroatoms. The number of amides is 2. The van der Waals surface area contributed by atoms with E-state index in [1.165, 1.54) is 37.5 Å². The van der Waals surface area contributed by atoms with Crippen molar-refractivity contribution < 1.29 is 18.7 Å². The number of hydrogen-bond acceptors (Lipinski definition) is 6. The van der Waals surface area contributed by atoms with Gasteiger partial charge in [0.05, 0.1) is 18.0 Å². The van der Waals surface area contributed by atoms with E-state index >= 15 is 0 Å². The minimum atomic E-state index is -0.675. The molecule has 1 saturated carbocycles. The first-order chi connectivity index (χ1) is 13.9. The molecule has 0 radical (unpaired) electrons. The number of benzene rings is 1. The maximum atomic E-state index is 13.1. The Bertz CT molecular complexity index is 936. The van der Waals surface area contributed by atoms with Crippen LogP contribution >= 0.6 is 0 Å². The molecule has 2 amide bonds. The lowest BCUT2D eigenvalue weighted by molar-refractivity contribution is 0.0528. The molecule has 1 aliphatic carbocycles. The molecule has 1 heterocycles. The number of aromatic nitrogens is 2. The second-order valence-corrected chi connectivity index (χ2v) is 6.76. The summed E-state index contributed by atoms with van der Waals surface area (Å²) in [6.45, 7) is 0. The van der Waals surface area contributed by atoms with Crippen LogP contribution in [0.2, 0.25) is 0 Å². The fourth-order valence-corrected chi connectivity index (χ4v) is 3.39. The predicted molar refractivity (Wildman–Crippen MR) is 102 cm³/mol.